The number of hydrazine groups is 1. The number of carbonyl (C=O) groups excluding carboxylic acids is 3. The Morgan fingerprint density at radius 2 is 2.00 bits per heavy atom. The van der Waals surface area contributed by atoms with Gasteiger partial charge in [-0.1, -0.05) is 0 Å². The van der Waals surface area contributed by atoms with Crippen LogP contribution in [0.1, 0.15) is 13.3 Å². The summed E-state index contributed by atoms with van der Waals surface area (Å²) in [5.41, 5.74) is 5.20. The van der Waals surface area contributed by atoms with Gasteiger partial charge in [-0.15, -0.1) is 0 Å². The third-order valence-corrected chi connectivity index (χ3v) is 3.10. The van der Waals surface area contributed by atoms with Crippen LogP contribution in [0.3, 0.4) is 0 Å². The van der Waals surface area contributed by atoms with E-state index < -0.39 is 18.0 Å². The van der Waals surface area contributed by atoms with E-state index in [0.717, 1.165) is 4.90 Å². The lowest BCUT2D eigenvalue weighted by Crippen LogP contribution is -2.48. The number of rotatable bonds is 5. The number of nitrogens with one attached hydrogen (secondary N) is 2. The molecule has 3 amide bonds. The highest BCUT2D eigenvalue weighted by molar-refractivity contribution is 6.22. The predicted octanol–water partition coefficient (Wildman–Crippen LogP) is 0.578. The van der Waals surface area contributed by atoms with Gasteiger partial charge in [0, 0.05) is 0 Å². The number of methoxy groups -OCH3 is 1. The van der Waals surface area contributed by atoms with Crippen LogP contribution >= 0.6 is 0 Å². The fraction of sp³-hybridized carbons (Fsp3) is 0.357. The lowest BCUT2D eigenvalue weighted by atomic mass is 10.2. The highest BCUT2D eigenvalue weighted by atomic mass is 16.5. The molecule has 8 nitrogen and oxygen atoms in total. The molecule has 1 aromatic rings. The minimum atomic E-state index is -0.820. The second-order valence-electron chi connectivity index (χ2n) is 4.51. The standard InChI is InChI=1S/C14H17N3O5/c1-3-22-14(20)16-15-11-8-12(18)17(13(11)19)9-4-6-10(21-2)7-5-9/h4-7,11,15H,3,8H2,1-2H3,(H,16,20)/t11-/m0/s1. The van der Waals surface area contributed by atoms with E-state index in [1.165, 1.54) is 7.11 Å². The maximum Gasteiger partial charge on any atom is 0.421 e. The van der Waals surface area contributed by atoms with Crippen LogP contribution in [0, 0.1) is 0 Å². The summed E-state index contributed by atoms with van der Waals surface area (Å²) in [6.45, 7) is 1.87. The number of amides is 3. The van der Waals surface area contributed by atoms with Crippen molar-refractivity contribution in [2.45, 2.75) is 19.4 Å². The first kappa shape index (κ1) is 15.8. The average Bonchev–Trinajstić information content (AvgIpc) is 2.80. The number of benzene rings is 1. The number of anilines is 1. The van der Waals surface area contributed by atoms with Crippen LogP contribution in [-0.2, 0) is 14.3 Å². The molecule has 1 aliphatic heterocycles. The zero-order chi connectivity index (χ0) is 16.1. The van der Waals surface area contributed by atoms with Crippen molar-refractivity contribution in [3.05, 3.63) is 24.3 Å². The van der Waals surface area contributed by atoms with Crippen LogP contribution in [0.15, 0.2) is 24.3 Å². The monoisotopic (exact) mass is 307 g/mol. The Balaban J connectivity index is 2.03. The molecule has 1 aliphatic rings. The largest absolute Gasteiger partial charge is 0.497 e. The Hall–Kier alpha value is -2.61. The second-order valence-corrected chi connectivity index (χ2v) is 4.51. The SMILES string of the molecule is CCOC(=O)NN[C@H]1CC(=O)N(c2ccc(OC)cc2)C1=O. The summed E-state index contributed by atoms with van der Waals surface area (Å²) in [6, 6.07) is 5.74. The smallest absolute Gasteiger partial charge is 0.421 e. The Morgan fingerprint density at radius 3 is 2.59 bits per heavy atom. The number of nitrogens with zero attached hydrogens (tertiary/aromatic N) is 1. The number of ether oxygens (including phenoxy) is 2. The van der Waals surface area contributed by atoms with Crippen molar-refractivity contribution in [1.29, 1.82) is 0 Å². The molecule has 0 aliphatic carbocycles. The first-order chi connectivity index (χ1) is 10.6. The summed E-state index contributed by atoms with van der Waals surface area (Å²) in [6.07, 6.45) is -0.747. The van der Waals surface area contributed by atoms with Crippen molar-refractivity contribution in [3.8, 4) is 5.75 Å². The van der Waals surface area contributed by atoms with E-state index in [0.29, 0.717) is 11.4 Å². The molecule has 0 spiro atoms. The number of imide groups is 1. The molecule has 2 rings (SSSR count). The van der Waals surface area contributed by atoms with Gasteiger partial charge in [0.1, 0.15) is 11.8 Å². The molecular formula is C14H17N3O5. The number of hydrogen-bond donors (Lipinski definition) is 2. The van der Waals surface area contributed by atoms with E-state index in [-0.39, 0.29) is 18.9 Å². The van der Waals surface area contributed by atoms with Gasteiger partial charge in [-0.25, -0.2) is 15.1 Å². The van der Waals surface area contributed by atoms with Crippen LogP contribution in [0.25, 0.3) is 0 Å². The minimum absolute atomic E-state index is 0.0444. The number of carbonyl (C=O) groups is 3. The van der Waals surface area contributed by atoms with Crippen molar-refractivity contribution < 1.29 is 23.9 Å². The third kappa shape index (κ3) is 3.34. The van der Waals surface area contributed by atoms with Gasteiger partial charge in [-0.2, -0.15) is 0 Å². The van der Waals surface area contributed by atoms with Gasteiger partial charge in [0.15, 0.2) is 0 Å². The Labute approximate surface area is 127 Å². The van der Waals surface area contributed by atoms with Crippen molar-refractivity contribution >= 4 is 23.6 Å². The quantitative estimate of drug-likeness (QED) is 0.610. The number of hydrogen-bond acceptors (Lipinski definition) is 6. The fourth-order valence-corrected chi connectivity index (χ4v) is 2.06. The molecule has 0 radical (unpaired) electrons. The van der Waals surface area contributed by atoms with Gasteiger partial charge >= 0.3 is 6.09 Å². The zero-order valence-corrected chi connectivity index (χ0v) is 12.3. The molecule has 1 aromatic carbocycles. The molecule has 8 heteroatoms. The van der Waals surface area contributed by atoms with Crippen molar-refractivity contribution in [2.75, 3.05) is 18.6 Å². The van der Waals surface area contributed by atoms with Crippen molar-refractivity contribution in [1.82, 2.24) is 10.9 Å². The van der Waals surface area contributed by atoms with Gasteiger partial charge in [-0.05, 0) is 31.2 Å². The molecule has 1 heterocycles. The van der Waals surface area contributed by atoms with E-state index in [4.69, 9.17) is 4.74 Å². The normalized spacial score (nSPS) is 17.5. The van der Waals surface area contributed by atoms with Gasteiger partial charge in [0.2, 0.25) is 5.91 Å². The summed E-state index contributed by atoms with van der Waals surface area (Å²) in [5, 5.41) is 0. The zero-order valence-electron chi connectivity index (χ0n) is 12.3. The first-order valence-corrected chi connectivity index (χ1v) is 6.76. The summed E-state index contributed by atoms with van der Waals surface area (Å²) >= 11 is 0. The lowest BCUT2D eigenvalue weighted by molar-refractivity contribution is -0.121. The minimum Gasteiger partial charge on any atom is -0.497 e. The lowest BCUT2D eigenvalue weighted by Gasteiger charge is -2.16. The fourth-order valence-electron chi connectivity index (χ4n) is 2.06. The Morgan fingerprint density at radius 1 is 1.32 bits per heavy atom. The maximum atomic E-state index is 12.3. The summed E-state index contributed by atoms with van der Waals surface area (Å²) < 4.78 is 9.70. The van der Waals surface area contributed by atoms with E-state index in [1.54, 1.807) is 31.2 Å². The summed E-state index contributed by atoms with van der Waals surface area (Å²) in [5.74, 6) is -0.160. The predicted molar refractivity (Wildman–Crippen MR) is 77.2 cm³/mol. The van der Waals surface area contributed by atoms with E-state index in [1.807, 2.05) is 0 Å². The van der Waals surface area contributed by atoms with Gasteiger partial charge in [0.25, 0.3) is 5.91 Å². The molecule has 0 unspecified atom stereocenters. The average molecular weight is 307 g/mol. The van der Waals surface area contributed by atoms with E-state index in [2.05, 4.69) is 15.6 Å². The summed E-state index contributed by atoms with van der Waals surface area (Å²) in [7, 11) is 1.53. The van der Waals surface area contributed by atoms with Crippen LogP contribution in [0.2, 0.25) is 0 Å². The molecule has 0 bridgehead atoms. The molecular weight excluding hydrogens is 290 g/mol. The third-order valence-electron chi connectivity index (χ3n) is 3.10. The van der Waals surface area contributed by atoms with Crippen LogP contribution < -0.4 is 20.5 Å². The molecule has 1 fully saturated rings. The highest BCUT2D eigenvalue weighted by Crippen LogP contribution is 2.24. The molecule has 1 saturated heterocycles. The topological polar surface area (TPSA) is 97.0 Å². The molecule has 0 aromatic heterocycles. The molecule has 1 atom stereocenters. The Bertz CT molecular complexity index is 572. The van der Waals surface area contributed by atoms with Gasteiger partial charge in [-0.3, -0.25) is 15.0 Å². The molecule has 0 saturated carbocycles. The molecule has 118 valence electrons. The van der Waals surface area contributed by atoms with Crippen LogP contribution in [0.4, 0.5) is 10.5 Å². The second kappa shape index (κ2) is 6.90. The van der Waals surface area contributed by atoms with E-state index in [9.17, 15) is 14.4 Å². The van der Waals surface area contributed by atoms with Gasteiger partial charge < -0.3 is 9.47 Å². The highest BCUT2D eigenvalue weighted by Gasteiger charge is 2.39. The molecule has 22 heavy (non-hydrogen) atoms. The summed E-state index contributed by atoms with van der Waals surface area (Å²) in [4.78, 5) is 36.5. The molecule has 2 N–H and O–H groups in total. The van der Waals surface area contributed by atoms with Crippen molar-refractivity contribution in [3.63, 3.8) is 0 Å². The van der Waals surface area contributed by atoms with Crippen LogP contribution in [-0.4, -0.2) is 37.7 Å². The Kier molecular flexibility index (Phi) is 4.95. The van der Waals surface area contributed by atoms with Crippen molar-refractivity contribution in [2.24, 2.45) is 0 Å². The van der Waals surface area contributed by atoms with Gasteiger partial charge in [0.05, 0.1) is 25.8 Å². The maximum absolute atomic E-state index is 12.3. The first-order valence-electron chi connectivity index (χ1n) is 6.76. The van der Waals surface area contributed by atoms with E-state index >= 15 is 0 Å². The van der Waals surface area contributed by atoms with Crippen LogP contribution in [0.5, 0.6) is 5.75 Å².